The zero-order chi connectivity index (χ0) is 19.1. The van der Waals surface area contributed by atoms with E-state index in [0.29, 0.717) is 41.7 Å². The third-order valence-electron chi connectivity index (χ3n) is 4.51. The lowest BCUT2D eigenvalue weighted by molar-refractivity contribution is 0.189. The summed E-state index contributed by atoms with van der Waals surface area (Å²) < 4.78 is 15.1. The van der Waals surface area contributed by atoms with Crippen LogP contribution in [0.1, 0.15) is 0 Å². The molecule has 0 aliphatic carbocycles. The standard InChI is InChI=1S/C17H18N6O4/c1-21-15-12(14(24)18-17(21)25)22(8-9-26-2)16-20-19-13(23(15)16)10-4-6-11(27-3)7-5-10/h4-7H,8-9H2,1-3H3,(H,18,24,25). The van der Waals surface area contributed by atoms with E-state index in [9.17, 15) is 9.59 Å². The normalized spacial score (nSPS) is 11.5. The summed E-state index contributed by atoms with van der Waals surface area (Å²) in [5.41, 5.74) is 0.560. The molecule has 0 spiro atoms. The van der Waals surface area contributed by atoms with Crippen LogP contribution >= 0.6 is 0 Å². The third kappa shape index (κ3) is 2.53. The van der Waals surface area contributed by atoms with E-state index < -0.39 is 11.2 Å². The number of nitrogens with zero attached hydrogens (tertiary/aromatic N) is 5. The van der Waals surface area contributed by atoms with Crippen molar-refractivity contribution in [2.24, 2.45) is 7.05 Å². The summed E-state index contributed by atoms with van der Waals surface area (Å²) >= 11 is 0. The highest BCUT2D eigenvalue weighted by Crippen LogP contribution is 2.25. The number of hydrogen-bond acceptors (Lipinski definition) is 6. The van der Waals surface area contributed by atoms with Crippen LogP contribution in [0.25, 0.3) is 28.3 Å². The fourth-order valence-electron chi connectivity index (χ4n) is 3.16. The van der Waals surface area contributed by atoms with Gasteiger partial charge < -0.3 is 14.0 Å². The number of imidazole rings is 1. The molecule has 0 saturated carbocycles. The van der Waals surface area contributed by atoms with Crippen LogP contribution < -0.4 is 16.0 Å². The molecule has 0 fully saturated rings. The Labute approximate surface area is 152 Å². The quantitative estimate of drug-likeness (QED) is 0.544. The van der Waals surface area contributed by atoms with Crippen LogP contribution in [0, 0.1) is 0 Å². The summed E-state index contributed by atoms with van der Waals surface area (Å²) in [6.07, 6.45) is 0. The number of H-pyrrole nitrogens is 1. The highest BCUT2D eigenvalue weighted by atomic mass is 16.5. The predicted molar refractivity (Wildman–Crippen MR) is 98.2 cm³/mol. The van der Waals surface area contributed by atoms with Crippen LogP contribution in [0.5, 0.6) is 5.75 Å². The first-order valence-corrected chi connectivity index (χ1v) is 8.26. The van der Waals surface area contributed by atoms with Gasteiger partial charge in [-0.2, -0.15) is 0 Å². The Bertz CT molecular complexity index is 1250. The van der Waals surface area contributed by atoms with Crippen molar-refractivity contribution in [1.82, 2.24) is 28.7 Å². The zero-order valence-electron chi connectivity index (χ0n) is 15.1. The number of methoxy groups -OCH3 is 2. The molecular weight excluding hydrogens is 352 g/mol. The van der Waals surface area contributed by atoms with E-state index in [1.54, 1.807) is 30.2 Å². The van der Waals surface area contributed by atoms with Crippen LogP contribution in [0.4, 0.5) is 0 Å². The lowest BCUT2D eigenvalue weighted by Crippen LogP contribution is -2.29. The Kier molecular flexibility index (Phi) is 4.04. The zero-order valence-corrected chi connectivity index (χ0v) is 15.1. The Hall–Kier alpha value is -3.40. The molecule has 3 aromatic heterocycles. The number of hydrogen-bond donors (Lipinski definition) is 1. The summed E-state index contributed by atoms with van der Waals surface area (Å²) in [5, 5.41) is 8.54. The molecule has 1 aromatic carbocycles. The summed E-state index contributed by atoms with van der Waals surface area (Å²) in [5.74, 6) is 1.69. The van der Waals surface area contributed by atoms with E-state index in [4.69, 9.17) is 9.47 Å². The molecule has 27 heavy (non-hydrogen) atoms. The summed E-state index contributed by atoms with van der Waals surface area (Å²) in [6, 6.07) is 7.32. The second-order valence-corrected chi connectivity index (χ2v) is 6.02. The highest BCUT2D eigenvalue weighted by Gasteiger charge is 2.22. The second kappa shape index (κ2) is 6.40. The molecule has 0 atom stereocenters. The Morgan fingerprint density at radius 1 is 1.11 bits per heavy atom. The number of fused-ring (bicyclic) bond motifs is 3. The molecule has 3 heterocycles. The minimum Gasteiger partial charge on any atom is -0.497 e. The molecule has 10 nitrogen and oxygen atoms in total. The van der Waals surface area contributed by atoms with Gasteiger partial charge in [-0.3, -0.25) is 14.3 Å². The topological polar surface area (TPSA) is 108 Å². The van der Waals surface area contributed by atoms with E-state index in [2.05, 4.69) is 15.2 Å². The Morgan fingerprint density at radius 2 is 1.85 bits per heavy atom. The van der Waals surface area contributed by atoms with Gasteiger partial charge in [0, 0.05) is 26.3 Å². The number of aromatic nitrogens is 6. The number of aryl methyl sites for hydroxylation is 1. The Morgan fingerprint density at radius 3 is 2.52 bits per heavy atom. The number of ether oxygens (including phenoxy) is 2. The van der Waals surface area contributed by atoms with E-state index in [0.717, 1.165) is 5.56 Å². The van der Waals surface area contributed by atoms with Crippen molar-refractivity contribution in [2.75, 3.05) is 20.8 Å². The van der Waals surface area contributed by atoms with Crippen LogP contribution in [0.3, 0.4) is 0 Å². The predicted octanol–water partition coefficient (Wildman–Crippen LogP) is 0.393. The molecule has 4 aromatic rings. The SMILES string of the molecule is COCCn1c2c(=O)[nH]c(=O)n(C)c2n2c(-c3ccc(OC)cc3)nnc12. The fourth-order valence-corrected chi connectivity index (χ4v) is 3.16. The fraction of sp³-hybridized carbons (Fsp3) is 0.294. The van der Waals surface area contributed by atoms with Crippen LogP contribution in [-0.4, -0.2) is 49.5 Å². The van der Waals surface area contributed by atoms with Gasteiger partial charge in [0.1, 0.15) is 5.75 Å². The average Bonchev–Trinajstić information content (AvgIpc) is 3.23. The van der Waals surface area contributed by atoms with Crippen molar-refractivity contribution >= 4 is 16.9 Å². The molecule has 0 amide bonds. The van der Waals surface area contributed by atoms with Crippen molar-refractivity contribution in [1.29, 1.82) is 0 Å². The Balaban J connectivity index is 2.10. The molecule has 0 aliphatic heterocycles. The number of aromatic amines is 1. The first-order valence-electron chi connectivity index (χ1n) is 8.26. The van der Waals surface area contributed by atoms with Crippen LogP contribution in [0.2, 0.25) is 0 Å². The number of rotatable bonds is 5. The third-order valence-corrected chi connectivity index (χ3v) is 4.51. The summed E-state index contributed by atoms with van der Waals surface area (Å²) in [6.45, 7) is 0.776. The van der Waals surface area contributed by atoms with Crippen LogP contribution in [-0.2, 0) is 18.3 Å². The maximum atomic E-state index is 12.5. The van der Waals surface area contributed by atoms with E-state index in [1.807, 2.05) is 24.3 Å². The molecule has 4 rings (SSSR count). The molecule has 0 saturated heterocycles. The lowest BCUT2D eigenvalue weighted by atomic mass is 10.2. The van der Waals surface area contributed by atoms with Crippen molar-refractivity contribution in [3.05, 3.63) is 45.1 Å². The largest absolute Gasteiger partial charge is 0.497 e. The second-order valence-electron chi connectivity index (χ2n) is 6.02. The average molecular weight is 370 g/mol. The van der Waals surface area contributed by atoms with Gasteiger partial charge >= 0.3 is 5.69 Å². The van der Waals surface area contributed by atoms with Crippen molar-refractivity contribution in [2.45, 2.75) is 6.54 Å². The van der Waals surface area contributed by atoms with E-state index >= 15 is 0 Å². The maximum Gasteiger partial charge on any atom is 0.329 e. The van der Waals surface area contributed by atoms with Gasteiger partial charge in [0.05, 0.1) is 13.7 Å². The maximum absolute atomic E-state index is 12.5. The van der Waals surface area contributed by atoms with Gasteiger partial charge in [-0.25, -0.2) is 9.20 Å². The van der Waals surface area contributed by atoms with E-state index in [-0.39, 0.29) is 0 Å². The van der Waals surface area contributed by atoms with Crippen molar-refractivity contribution in [3.8, 4) is 17.1 Å². The molecule has 0 unspecified atom stereocenters. The summed E-state index contributed by atoms with van der Waals surface area (Å²) in [4.78, 5) is 27.0. The van der Waals surface area contributed by atoms with Gasteiger partial charge in [0.2, 0.25) is 5.78 Å². The lowest BCUT2D eigenvalue weighted by Gasteiger charge is -2.04. The minimum absolute atomic E-state index is 0.341. The number of nitrogens with one attached hydrogen (secondary N) is 1. The molecule has 10 heteroatoms. The highest BCUT2D eigenvalue weighted by molar-refractivity contribution is 5.79. The van der Waals surface area contributed by atoms with Gasteiger partial charge in [-0.1, -0.05) is 0 Å². The van der Waals surface area contributed by atoms with Crippen LogP contribution in [0.15, 0.2) is 33.9 Å². The molecule has 0 bridgehead atoms. The molecule has 0 aliphatic rings. The van der Waals surface area contributed by atoms with Gasteiger partial charge in [0.15, 0.2) is 17.0 Å². The van der Waals surface area contributed by atoms with Crippen molar-refractivity contribution in [3.63, 3.8) is 0 Å². The first-order chi connectivity index (χ1) is 13.1. The van der Waals surface area contributed by atoms with Gasteiger partial charge in [-0.15, -0.1) is 10.2 Å². The minimum atomic E-state index is -0.507. The number of benzene rings is 1. The van der Waals surface area contributed by atoms with Crippen molar-refractivity contribution < 1.29 is 9.47 Å². The van der Waals surface area contributed by atoms with E-state index in [1.165, 1.54) is 4.57 Å². The molecule has 1 N–H and O–H groups in total. The summed E-state index contributed by atoms with van der Waals surface area (Å²) in [7, 11) is 4.77. The molecule has 0 radical (unpaired) electrons. The van der Waals surface area contributed by atoms with Gasteiger partial charge in [-0.05, 0) is 24.3 Å². The molecular formula is C17H18N6O4. The monoisotopic (exact) mass is 370 g/mol. The first kappa shape index (κ1) is 17.0. The van der Waals surface area contributed by atoms with Gasteiger partial charge in [0.25, 0.3) is 5.56 Å². The molecule has 140 valence electrons. The smallest absolute Gasteiger partial charge is 0.329 e.